The molecule has 0 aromatic heterocycles. The highest BCUT2D eigenvalue weighted by atomic mass is 32.2. The highest BCUT2D eigenvalue weighted by molar-refractivity contribution is 7.89. The molecule has 4 nitrogen and oxygen atoms in total. The quantitative estimate of drug-likeness (QED) is 0.588. The van der Waals surface area contributed by atoms with Gasteiger partial charge in [-0.15, -0.1) is 0 Å². The molecule has 0 aliphatic heterocycles. The third kappa shape index (κ3) is 7.87. The van der Waals surface area contributed by atoms with Crippen LogP contribution < -0.4 is 5.14 Å². The van der Waals surface area contributed by atoms with Gasteiger partial charge >= 0.3 is 0 Å². The average Bonchev–Trinajstić information content (AvgIpc) is 1.59. The zero-order valence-electron chi connectivity index (χ0n) is 5.95. The summed E-state index contributed by atoms with van der Waals surface area (Å²) in [5.41, 5.74) is 0. The number of primary sulfonamides is 1. The Labute approximate surface area is 61.1 Å². The summed E-state index contributed by atoms with van der Waals surface area (Å²) in [5.74, 6) is -0.0438. The third-order valence-corrected chi connectivity index (χ3v) is 1.91. The topological polar surface area (TPSA) is 80.4 Å². The standard InChI is InChI=1S/C5H13NO3S/c1-5(7)3-2-4-10(6,8)9/h5,7H,2-4H2,1H3,(H2,6,8,9). The number of nitrogens with two attached hydrogens (primary N) is 1. The number of hydrogen-bond donors (Lipinski definition) is 2. The Balaban J connectivity index is 3.39. The minimum absolute atomic E-state index is 0.0438. The van der Waals surface area contributed by atoms with Crippen LogP contribution in [-0.4, -0.2) is 25.4 Å². The number of aliphatic hydroxyl groups excluding tert-OH is 1. The Morgan fingerprint density at radius 2 is 2.10 bits per heavy atom. The van der Waals surface area contributed by atoms with Crippen molar-refractivity contribution in [3.63, 3.8) is 0 Å². The number of sulfonamides is 1. The predicted molar refractivity (Wildman–Crippen MR) is 38.9 cm³/mol. The molecule has 0 spiro atoms. The first-order valence-corrected chi connectivity index (χ1v) is 4.82. The van der Waals surface area contributed by atoms with E-state index in [9.17, 15) is 8.42 Å². The largest absolute Gasteiger partial charge is 0.393 e. The molecule has 0 bridgehead atoms. The molecule has 0 fully saturated rings. The Kier molecular flexibility index (Phi) is 3.85. The van der Waals surface area contributed by atoms with Crippen LogP contribution >= 0.6 is 0 Å². The summed E-state index contributed by atoms with van der Waals surface area (Å²) in [5, 5.41) is 13.4. The summed E-state index contributed by atoms with van der Waals surface area (Å²) in [6, 6.07) is 0. The Bertz CT molecular complexity index is 173. The lowest BCUT2D eigenvalue weighted by Crippen LogP contribution is -2.17. The molecule has 0 aromatic rings. The van der Waals surface area contributed by atoms with Crippen LogP contribution in [0.1, 0.15) is 19.8 Å². The maximum Gasteiger partial charge on any atom is 0.209 e. The molecule has 0 radical (unpaired) electrons. The maximum atomic E-state index is 10.3. The van der Waals surface area contributed by atoms with Crippen molar-refractivity contribution in [2.24, 2.45) is 5.14 Å². The van der Waals surface area contributed by atoms with Crippen molar-refractivity contribution in [3.05, 3.63) is 0 Å². The minimum Gasteiger partial charge on any atom is -0.393 e. The summed E-state index contributed by atoms with van der Waals surface area (Å²) in [6.07, 6.45) is 0.467. The average molecular weight is 167 g/mol. The summed E-state index contributed by atoms with van der Waals surface area (Å²) in [7, 11) is -3.33. The van der Waals surface area contributed by atoms with Gasteiger partial charge in [-0.2, -0.15) is 0 Å². The predicted octanol–water partition coefficient (Wildman–Crippen LogP) is -0.564. The van der Waals surface area contributed by atoms with Crippen molar-refractivity contribution in [1.29, 1.82) is 0 Å². The maximum absolute atomic E-state index is 10.3. The molecule has 62 valence electrons. The van der Waals surface area contributed by atoms with Crippen molar-refractivity contribution in [1.82, 2.24) is 0 Å². The first-order chi connectivity index (χ1) is 4.42. The third-order valence-electron chi connectivity index (χ3n) is 1.05. The van der Waals surface area contributed by atoms with Gasteiger partial charge in [0.25, 0.3) is 0 Å². The monoisotopic (exact) mass is 167 g/mol. The summed E-state index contributed by atoms with van der Waals surface area (Å²) in [4.78, 5) is 0. The van der Waals surface area contributed by atoms with Gasteiger partial charge in [-0.1, -0.05) is 0 Å². The van der Waals surface area contributed by atoms with Gasteiger partial charge in [0.05, 0.1) is 11.9 Å². The molecule has 3 N–H and O–H groups in total. The highest BCUT2D eigenvalue weighted by Gasteiger charge is 2.02. The Morgan fingerprint density at radius 3 is 2.40 bits per heavy atom. The van der Waals surface area contributed by atoms with Crippen LogP contribution in [0, 0.1) is 0 Å². The molecular weight excluding hydrogens is 154 g/mol. The first-order valence-electron chi connectivity index (χ1n) is 3.10. The van der Waals surface area contributed by atoms with Crippen molar-refractivity contribution in [3.8, 4) is 0 Å². The zero-order chi connectivity index (χ0) is 8.20. The second kappa shape index (κ2) is 3.90. The van der Waals surface area contributed by atoms with Gasteiger partial charge < -0.3 is 5.11 Å². The van der Waals surface area contributed by atoms with E-state index in [0.717, 1.165) is 0 Å². The lowest BCUT2D eigenvalue weighted by molar-refractivity contribution is 0.184. The molecule has 0 rings (SSSR count). The number of hydrogen-bond acceptors (Lipinski definition) is 3. The SMILES string of the molecule is CC(O)CCCS(N)(=O)=O. The van der Waals surface area contributed by atoms with Gasteiger partial charge in [0.1, 0.15) is 0 Å². The molecule has 0 heterocycles. The van der Waals surface area contributed by atoms with Crippen LogP contribution in [0.3, 0.4) is 0 Å². The summed E-state index contributed by atoms with van der Waals surface area (Å²) >= 11 is 0. The van der Waals surface area contributed by atoms with Crippen molar-refractivity contribution >= 4 is 10.0 Å². The van der Waals surface area contributed by atoms with Crippen LogP contribution in [0.15, 0.2) is 0 Å². The van der Waals surface area contributed by atoms with Gasteiger partial charge in [-0.25, -0.2) is 13.6 Å². The van der Waals surface area contributed by atoms with E-state index in [4.69, 9.17) is 10.2 Å². The molecule has 0 aromatic carbocycles. The van der Waals surface area contributed by atoms with Crippen LogP contribution in [-0.2, 0) is 10.0 Å². The second-order valence-electron chi connectivity index (χ2n) is 2.36. The van der Waals surface area contributed by atoms with E-state index in [1.165, 1.54) is 0 Å². The van der Waals surface area contributed by atoms with E-state index in [2.05, 4.69) is 0 Å². The fourth-order valence-electron chi connectivity index (χ4n) is 0.580. The Hall–Kier alpha value is -0.130. The number of rotatable bonds is 4. The minimum atomic E-state index is -3.33. The van der Waals surface area contributed by atoms with Crippen molar-refractivity contribution in [2.45, 2.75) is 25.9 Å². The Morgan fingerprint density at radius 1 is 1.60 bits per heavy atom. The summed E-state index contributed by atoms with van der Waals surface area (Å²) in [6.45, 7) is 1.61. The number of aliphatic hydroxyl groups is 1. The lowest BCUT2D eigenvalue weighted by atomic mass is 10.2. The van der Waals surface area contributed by atoms with Crippen molar-refractivity contribution < 1.29 is 13.5 Å². The molecule has 0 amide bonds. The normalized spacial score (nSPS) is 15.1. The fourth-order valence-corrected chi connectivity index (χ4v) is 1.15. The van der Waals surface area contributed by atoms with Crippen LogP contribution in [0.25, 0.3) is 0 Å². The lowest BCUT2D eigenvalue weighted by Gasteiger charge is -2.00. The molecule has 10 heavy (non-hydrogen) atoms. The molecule has 0 aliphatic rings. The van der Waals surface area contributed by atoms with E-state index < -0.39 is 16.1 Å². The molecular formula is C5H13NO3S. The zero-order valence-corrected chi connectivity index (χ0v) is 6.76. The second-order valence-corrected chi connectivity index (χ2v) is 4.09. The molecule has 1 unspecified atom stereocenters. The van der Waals surface area contributed by atoms with Gasteiger partial charge in [0.2, 0.25) is 10.0 Å². The van der Waals surface area contributed by atoms with Crippen LogP contribution in [0.4, 0.5) is 0 Å². The fraction of sp³-hybridized carbons (Fsp3) is 1.00. The smallest absolute Gasteiger partial charge is 0.209 e. The van der Waals surface area contributed by atoms with E-state index in [0.29, 0.717) is 12.8 Å². The van der Waals surface area contributed by atoms with Gasteiger partial charge in [-0.3, -0.25) is 0 Å². The molecule has 1 atom stereocenters. The van der Waals surface area contributed by atoms with E-state index in [1.807, 2.05) is 0 Å². The summed E-state index contributed by atoms with van der Waals surface area (Å²) < 4.78 is 20.6. The van der Waals surface area contributed by atoms with E-state index in [1.54, 1.807) is 6.92 Å². The van der Waals surface area contributed by atoms with E-state index in [-0.39, 0.29) is 5.75 Å². The van der Waals surface area contributed by atoms with Crippen molar-refractivity contribution in [2.75, 3.05) is 5.75 Å². The van der Waals surface area contributed by atoms with Gasteiger partial charge in [-0.05, 0) is 19.8 Å². The molecule has 5 heteroatoms. The van der Waals surface area contributed by atoms with Gasteiger partial charge in [0.15, 0.2) is 0 Å². The first kappa shape index (κ1) is 9.87. The van der Waals surface area contributed by atoms with Gasteiger partial charge in [0, 0.05) is 0 Å². The molecule has 0 saturated carbocycles. The molecule has 0 aliphatic carbocycles. The van der Waals surface area contributed by atoms with Crippen LogP contribution in [0.2, 0.25) is 0 Å². The molecule has 0 saturated heterocycles. The van der Waals surface area contributed by atoms with Crippen LogP contribution in [0.5, 0.6) is 0 Å². The highest BCUT2D eigenvalue weighted by Crippen LogP contribution is 1.96. The van der Waals surface area contributed by atoms with E-state index >= 15 is 0 Å².